The van der Waals surface area contributed by atoms with E-state index in [0.717, 1.165) is 12.8 Å². The molecule has 0 radical (unpaired) electrons. The van der Waals surface area contributed by atoms with E-state index in [2.05, 4.69) is 16.0 Å². The first-order chi connectivity index (χ1) is 9.11. The molecule has 7 heteroatoms. The van der Waals surface area contributed by atoms with E-state index in [4.69, 9.17) is 0 Å². The lowest BCUT2D eigenvalue weighted by molar-refractivity contribution is -0.138. The summed E-state index contributed by atoms with van der Waals surface area (Å²) in [7, 11) is 1.61. The van der Waals surface area contributed by atoms with Crippen molar-refractivity contribution in [3.63, 3.8) is 0 Å². The highest BCUT2D eigenvalue weighted by Gasteiger charge is 2.32. The van der Waals surface area contributed by atoms with Crippen LogP contribution in [-0.2, 0) is 14.4 Å². The SMILES string of the molecule is CNC(=O)C1CCCN(C(=O)C2CNC(=O)CN2)C1. The Morgan fingerprint density at radius 1 is 1.42 bits per heavy atom. The summed E-state index contributed by atoms with van der Waals surface area (Å²) in [4.78, 5) is 36.7. The highest BCUT2D eigenvalue weighted by atomic mass is 16.2. The zero-order chi connectivity index (χ0) is 13.8. The summed E-state index contributed by atoms with van der Waals surface area (Å²) in [6.45, 7) is 1.63. The maximum absolute atomic E-state index is 12.3. The fourth-order valence-corrected chi connectivity index (χ4v) is 2.56. The van der Waals surface area contributed by atoms with Gasteiger partial charge in [-0.25, -0.2) is 0 Å². The van der Waals surface area contributed by atoms with Gasteiger partial charge in [0, 0.05) is 26.7 Å². The second kappa shape index (κ2) is 6.01. The van der Waals surface area contributed by atoms with E-state index in [1.165, 1.54) is 0 Å². The number of nitrogens with zero attached hydrogens (tertiary/aromatic N) is 1. The Balaban J connectivity index is 1.91. The Bertz CT molecular complexity index is 375. The molecule has 3 N–H and O–H groups in total. The van der Waals surface area contributed by atoms with Gasteiger partial charge in [-0.1, -0.05) is 0 Å². The van der Waals surface area contributed by atoms with Gasteiger partial charge in [-0.05, 0) is 12.8 Å². The summed E-state index contributed by atoms with van der Waals surface area (Å²) in [6, 6.07) is -0.374. The molecule has 7 nitrogen and oxygen atoms in total. The average Bonchev–Trinajstić information content (AvgIpc) is 2.46. The summed E-state index contributed by atoms with van der Waals surface area (Å²) in [5, 5.41) is 8.22. The Hall–Kier alpha value is -1.63. The minimum Gasteiger partial charge on any atom is -0.359 e. The third-order valence-electron chi connectivity index (χ3n) is 3.66. The van der Waals surface area contributed by atoms with Gasteiger partial charge in [0.25, 0.3) is 0 Å². The molecule has 0 saturated carbocycles. The van der Waals surface area contributed by atoms with Crippen LogP contribution in [0.15, 0.2) is 0 Å². The van der Waals surface area contributed by atoms with Crippen molar-refractivity contribution in [2.75, 3.05) is 33.2 Å². The van der Waals surface area contributed by atoms with Crippen LogP contribution in [0.25, 0.3) is 0 Å². The molecule has 2 aliphatic heterocycles. The van der Waals surface area contributed by atoms with Crippen LogP contribution in [-0.4, -0.2) is 61.9 Å². The zero-order valence-electron chi connectivity index (χ0n) is 11.1. The fraction of sp³-hybridized carbons (Fsp3) is 0.750. The number of amides is 3. The summed E-state index contributed by atoms with van der Waals surface area (Å²) < 4.78 is 0. The molecule has 106 valence electrons. The molecule has 2 rings (SSSR count). The molecule has 0 bridgehead atoms. The third kappa shape index (κ3) is 3.23. The number of hydrogen-bond donors (Lipinski definition) is 3. The lowest BCUT2D eigenvalue weighted by Gasteiger charge is -2.35. The van der Waals surface area contributed by atoms with E-state index in [9.17, 15) is 14.4 Å². The molecule has 2 heterocycles. The monoisotopic (exact) mass is 268 g/mol. The molecule has 0 aromatic carbocycles. The predicted molar refractivity (Wildman–Crippen MR) is 68.2 cm³/mol. The number of carbonyl (C=O) groups excluding carboxylic acids is 3. The van der Waals surface area contributed by atoms with Crippen molar-refractivity contribution < 1.29 is 14.4 Å². The maximum atomic E-state index is 12.3. The minimum absolute atomic E-state index is 0.0117. The predicted octanol–water partition coefficient (Wildman–Crippen LogP) is -1.94. The van der Waals surface area contributed by atoms with Gasteiger partial charge in [-0.3, -0.25) is 19.7 Å². The first kappa shape index (κ1) is 13.8. The first-order valence-electron chi connectivity index (χ1n) is 6.62. The van der Waals surface area contributed by atoms with Gasteiger partial charge in [-0.15, -0.1) is 0 Å². The summed E-state index contributed by atoms with van der Waals surface area (Å²) >= 11 is 0. The van der Waals surface area contributed by atoms with Gasteiger partial charge in [0.15, 0.2) is 0 Å². The Morgan fingerprint density at radius 3 is 2.84 bits per heavy atom. The van der Waals surface area contributed by atoms with Crippen LogP contribution in [0.2, 0.25) is 0 Å². The molecule has 0 aliphatic carbocycles. The topological polar surface area (TPSA) is 90.5 Å². The van der Waals surface area contributed by atoms with E-state index in [1.54, 1.807) is 11.9 Å². The van der Waals surface area contributed by atoms with E-state index >= 15 is 0 Å². The number of nitrogens with one attached hydrogen (secondary N) is 3. The molecule has 19 heavy (non-hydrogen) atoms. The van der Waals surface area contributed by atoms with Crippen molar-refractivity contribution in [2.24, 2.45) is 5.92 Å². The first-order valence-corrected chi connectivity index (χ1v) is 6.62. The van der Waals surface area contributed by atoms with Crippen molar-refractivity contribution in [3.05, 3.63) is 0 Å². The van der Waals surface area contributed by atoms with E-state index < -0.39 is 0 Å². The van der Waals surface area contributed by atoms with E-state index in [0.29, 0.717) is 19.6 Å². The standard InChI is InChI=1S/C12H20N4O3/c1-13-11(18)8-3-2-4-16(7-8)12(19)9-5-15-10(17)6-14-9/h8-9,14H,2-7H2,1H3,(H,13,18)(H,15,17). The molecule has 2 saturated heterocycles. The van der Waals surface area contributed by atoms with Gasteiger partial charge < -0.3 is 15.5 Å². The lowest BCUT2D eigenvalue weighted by atomic mass is 9.96. The molecule has 2 aliphatic rings. The molecule has 0 spiro atoms. The van der Waals surface area contributed by atoms with Gasteiger partial charge in [-0.2, -0.15) is 0 Å². The van der Waals surface area contributed by atoms with Gasteiger partial charge >= 0.3 is 0 Å². The van der Waals surface area contributed by atoms with Crippen molar-refractivity contribution >= 4 is 17.7 Å². The number of piperidine rings is 1. The van der Waals surface area contributed by atoms with Crippen LogP contribution < -0.4 is 16.0 Å². The van der Waals surface area contributed by atoms with Crippen LogP contribution in [0, 0.1) is 5.92 Å². The number of carbonyl (C=O) groups is 3. The third-order valence-corrected chi connectivity index (χ3v) is 3.66. The highest BCUT2D eigenvalue weighted by Crippen LogP contribution is 2.17. The number of likely N-dealkylation sites (tertiary alicyclic amines) is 1. The normalized spacial score (nSPS) is 27.6. The maximum Gasteiger partial charge on any atom is 0.241 e. The number of rotatable bonds is 2. The average molecular weight is 268 g/mol. The van der Waals surface area contributed by atoms with Crippen molar-refractivity contribution in [1.29, 1.82) is 0 Å². The fourth-order valence-electron chi connectivity index (χ4n) is 2.56. The van der Waals surface area contributed by atoms with Crippen molar-refractivity contribution in [1.82, 2.24) is 20.9 Å². The Kier molecular flexibility index (Phi) is 4.36. The van der Waals surface area contributed by atoms with Crippen LogP contribution in [0.1, 0.15) is 12.8 Å². The Labute approximate surface area is 112 Å². The molecule has 2 atom stereocenters. The van der Waals surface area contributed by atoms with Crippen LogP contribution in [0.4, 0.5) is 0 Å². The zero-order valence-corrected chi connectivity index (χ0v) is 11.1. The van der Waals surface area contributed by atoms with Crippen LogP contribution in [0.5, 0.6) is 0 Å². The van der Waals surface area contributed by atoms with Crippen LogP contribution >= 0.6 is 0 Å². The Morgan fingerprint density at radius 2 is 2.21 bits per heavy atom. The molecular formula is C12H20N4O3. The van der Waals surface area contributed by atoms with Crippen LogP contribution in [0.3, 0.4) is 0 Å². The minimum atomic E-state index is -0.374. The van der Waals surface area contributed by atoms with Gasteiger partial charge in [0.05, 0.1) is 12.5 Å². The molecule has 2 unspecified atom stereocenters. The van der Waals surface area contributed by atoms with Gasteiger partial charge in [0.1, 0.15) is 6.04 Å². The van der Waals surface area contributed by atoms with E-state index in [-0.39, 0.29) is 36.2 Å². The molecular weight excluding hydrogens is 248 g/mol. The highest BCUT2D eigenvalue weighted by molar-refractivity contribution is 5.87. The summed E-state index contributed by atoms with van der Waals surface area (Å²) in [5.74, 6) is -0.261. The second-order valence-corrected chi connectivity index (χ2v) is 4.98. The van der Waals surface area contributed by atoms with Gasteiger partial charge in [0.2, 0.25) is 17.7 Å². The quantitative estimate of drug-likeness (QED) is 0.543. The largest absolute Gasteiger partial charge is 0.359 e. The second-order valence-electron chi connectivity index (χ2n) is 4.98. The number of hydrogen-bond acceptors (Lipinski definition) is 4. The number of piperazine rings is 1. The molecule has 2 fully saturated rings. The van der Waals surface area contributed by atoms with E-state index in [1.807, 2.05) is 0 Å². The molecule has 3 amide bonds. The lowest BCUT2D eigenvalue weighted by Crippen LogP contribution is -2.60. The summed E-state index contributed by atoms with van der Waals surface area (Å²) in [5.41, 5.74) is 0. The van der Waals surface area contributed by atoms with Crippen molar-refractivity contribution in [2.45, 2.75) is 18.9 Å². The summed E-state index contributed by atoms with van der Waals surface area (Å²) in [6.07, 6.45) is 1.65. The van der Waals surface area contributed by atoms with Crippen molar-refractivity contribution in [3.8, 4) is 0 Å². The smallest absolute Gasteiger partial charge is 0.241 e. The molecule has 0 aromatic heterocycles. The molecule has 0 aromatic rings.